The molecule has 0 saturated heterocycles. The summed E-state index contributed by atoms with van der Waals surface area (Å²) in [6.45, 7) is 0. The molecule has 0 aromatic heterocycles. The summed E-state index contributed by atoms with van der Waals surface area (Å²) < 4.78 is 1.83. The molecule has 0 nitrogen and oxygen atoms in total. The van der Waals surface area contributed by atoms with E-state index in [1.165, 1.54) is 9.75 Å². The van der Waals surface area contributed by atoms with Crippen LogP contribution in [0.1, 0.15) is 0 Å². The molecule has 0 aromatic carbocycles. The van der Waals surface area contributed by atoms with Gasteiger partial charge in [-0.05, 0) is 0 Å². The molecule has 0 heterocycles. The fourth-order valence-electron chi connectivity index (χ4n) is 0. The zero-order valence-electron chi connectivity index (χ0n) is 1.77. The van der Waals surface area contributed by atoms with Crippen LogP contribution in [0.5, 0.6) is 0 Å². The molecule has 0 aliphatic rings. The normalized spacial score (nSPS) is 4.25. The standard InChI is InChI=1S/BIS2/c2-1-4-3. The molecule has 0 bridgehead atoms. The van der Waals surface area contributed by atoms with Gasteiger partial charge in [0.15, 0.2) is 0 Å². The first kappa shape index (κ1) is 5.23. The summed E-state index contributed by atoms with van der Waals surface area (Å²) in [5, 5.41) is 0. The fraction of sp³-hybridized carbons (Fsp3) is 0. The predicted octanol–water partition coefficient (Wildman–Crippen LogP) is 0.500. The van der Waals surface area contributed by atoms with Gasteiger partial charge in [0.25, 0.3) is 0 Å². The van der Waals surface area contributed by atoms with Crippen molar-refractivity contribution in [1.82, 2.24) is 0 Å². The molecule has 0 aromatic rings. The number of hydrogen-bond donors (Lipinski definition) is 0. The zero-order valence-corrected chi connectivity index (χ0v) is 5.56. The Morgan fingerprint density at radius 3 is 2.25 bits per heavy atom. The first-order chi connectivity index (χ1) is 1.91. The first-order valence-corrected chi connectivity index (χ1v) is 3.67. The summed E-state index contributed by atoms with van der Waals surface area (Å²) >= 11 is 6.49. The van der Waals surface area contributed by atoms with Gasteiger partial charge in [-0.25, -0.2) is 0 Å². The van der Waals surface area contributed by atoms with Crippen molar-refractivity contribution in [1.29, 1.82) is 0 Å². The second-order valence-electron chi connectivity index (χ2n) is 0.185. The monoisotopic (exact) mass is 202 g/mol. The van der Waals surface area contributed by atoms with Crippen molar-refractivity contribution in [2.45, 2.75) is 0 Å². The van der Waals surface area contributed by atoms with Gasteiger partial charge in [0.1, 0.15) is 0 Å². The summed E-state index contributed by atoms with van der Waals surface area (Å²) in [5.41, 5.74) is 0. The Morgan fingerprint density at radius 2 is 2.25 bits per heavy atom. The Hall–Kier alpha value is 1.23. The average Bonchev–Trinajstić information content (AvgIpc) is 1.37. The average molecular weight is 202 g/mol. The SMILES string of the molecule is S=S=BI. The molecule has 0 aliphatic carbocycles. The topological polar surface area (TPSA) is 0 Å². The second kappa shape index (κ2) is 4.23. The van der Waals surface area contributed by atoms with Crippen molar-refractivity contribution < 1.29 is 0 Å². The third-order valence-corrected chi connectivity index (χ3v) is 2.20. The van der Waals surface area contributed by atoms with E-state index in [1.54, 1.807) is 0 Å². The van der Waals surface area contributed by atoms with E-state index in [0.717, 1.165) is 0 Å². The molecule has 0 atom stereocenters. The van der Waals surface area contributed by atoms with Crippen molar-refractivity contribution in [3.8, 4) is 0 Å². The molecule has 0 rings (SSSR count). The van der Waals surface area contributed by atoms with Gasteiger partial charge in [-0.1, -0.05) is 0 Å². The Labute approximate surface area is 47.2 Å². The minimum atomic E-state index is 1.30. The van der Waals surface area contributed by atoms with Gasteiger partial charge in [-0.3, -0.25) is 0 Å². The van der Waals surface area contributed by atoms with Gasteiger partial charge in [0.05, 0.1) is 0 Å². The van der Waals surface area contributed by atoms with Crippen LogP contribution in [-0.4, -0.2) is 4.01 Å². The van der Waals surface area contributed by atoms with E-state index in [2.05, 4.69) is 33.6 Å². The summed E-state index contributed by atoms with van der Waals surface area (Å²) in [6.07, 6.45) is 0. The maximum atomic E-state index is 4.41. The number of rotatable bonds is 0. The van der Waals surface area contributed by atoms with Crippen LogP contribution in [0.25, 0.3) is 0 Å². The van der Waals surface area contributed by atoms with E-state index in [1.807, 2.05) is 4.01 Å². The van der Waals surface area contributed by atoms with Gasteiger partial charge < -0.3 is 0 Å². The van der Waals surface area contributed by atoms with Gasteiger partial charge in [-0.2, -0.15) is 0 Å². The Kier molecular flexibility index (Phi) is 5.54. The van der Waals surface area contributed by atoms with E-state index in [4.69, 9.17) is 0 Å². The van der Waals surface area contributed by atoms with Crippen molar-refractivity contribution in [2.75, 3.05) is 0 Å². The molecule has 4 heteroatoms. The molecule has 0 saturated carbocycles. The van der Waals surface area contributed by atoms with Gasteiger partial charge >= 0.3 is 47.3 Å². The summed E-state index contributed by atoms with van der Waals surface area (Å²) in [6, 6.07) is 0. The molecule has 0 N–H and O–H groups in total. The quantitative estimate of drug-likeness (QED) is 0.407. The van der Waals surface area contributed by atoms with Gasteiger partial charge in [0, 0.05) is 0 Å². The minimum absolute atomic E-state index is 1.30. The molecule has 22 valence electrons. The summed E-state index contributed by atoms with van der Waals surface area (Å²) in [7, 11) is 1.30. The van der Waals surface area contributed by atoms with Crippen LogP contribution in [0, 0.1) is 0 Å². The zero-order chi connectivity index (χ0) is 3.41. The molecular weight excluding hydrogens is 202 g/mol. The van der Waals surface area contributed by atoms with E-state index < -0.39 is 0 Å². The Morgan fingerprint density at radius 1 is 2.00 bits per heavy atom. The molecule has 0 fully saturated rings. The van der Waals surface area contributed by atoms with Crippen LogP contribution in [0.15, 0.2) is 0 Å². The molecule has 0 unspecified atom stereocenters. The first-order valence-electron chi connectivity index (χ1n) is 0.621. The third kappa shape index (κ3) is 3.23. The van der Waals surface area contributed by atoms with Crippen molar-refractivity contribution in [2.24, 2.45) is 0 Å². The van der Waals surface area contributed by atoms with Crippen LogP contribution in [0.2, 0.25) is 0 Å². The maximum absolute atomic E-state index is 4.41. The van der Waals surface area contributed by atoms with E-state index in [-0.39, 0.29) is 0 Å². The van der Waals surface area contributed by atoms with Crippen LogP contribution in [-0.2, 0) is 20.9 Å². The molecular formula is BIS2. The molecule has 0 aliphatic heterocycles. The summed E-state index contributed by atoms with van der Waals surface area (Å²) in [4.78, 5) is 0. The molecule has 0 amide bonds. The number of hydrogen-bond acceptors (Lipinski definition) is 1. The van der Waals surface area contributed by atoms with Crippen molar-refractivity contribution in [3.63, 3.8) is 0 Å². The van der Waals surface area contributed by atoms with Crippen LogP contribution < -0.4 is 0 Å². The van der Waals surface area contributed by atoms with Gasteiger partial charge in [-0.15, -0.1) is 0 Å². The molecule has 4 heavy (non-hydrogen) atoms. The second-order valence-corrected chi connectivity index (χ2v) is 2.66. The van der Waals surface area contributed by atoms with Crippen LogP contribution in [0.3, 0.4) is 0 Å². The summed E-state index contributed by atoms with van der Waals surface area (Å²) in [5.74, 6) is 0. The fourth-order valence-corrected chi connectivity index (χ4v) is 0. The van der Waals surface area contributed by atoms with E-state index in [0.29, 0.717) is 0 Å². The number of halogens is 1. The molecule has 0 radical (unpaired) electrons. The Balaban J connectivity index is 3.11. The van der Waals surface area contributed by atoms with E-state index >= 15 is 0 Å². The van der Waals surface area contributed by atoms with Crippen LogP contribution in [0.4, 0.5) is 0 Å². The van der Waals surface area contributed by atoms with Gasteiger partial charge in [0.2, 0.25) is 0 Å². The van der Waals surface area contributed by atoms with Crippen molar-refractivity contribution in [3.05, 3.63) is 0 Å². The predicted molar refractivity (Wildman–Crippen MR) is 34.5 cm³/mol. The molecule has 0 spiro atoms. The Bertz CT molecular complexity index is 44.0. The third-order valence-electron chi connectivity index (χ3n) is 0.0364. The van der Waals surface area contributed by atoms with Crippen LogP contribution >= 0.6 is 22.4 Å². The van der Waals surface area contributed by atoms with E-state index in [9.17, 15) is 0 Å². The van der Waals surface area contributed by atoms with Crippen molar-refractivity contribution >= 4 is 47.3 Å².